The molecule has 0 bridgehead atoms. The fraction of sp³-hybridized carbons (Fsp3) is 0.192. The summed E-state index contributed by atoms with van der Waals surface area (Å²) in [6, 6.07) is 27.2. The van der Waals surface area contributed by atoms with Gasteiger partial charge in [-0.3, -0.25) is 9.36 Å². The van der Waals surface area contributed by atoms with Crippen LogP contribution in [0.2, 0.25) is 0 Å². The summed E-state index contributed by atoms with van der Waals surface area (Å²) in [5, 5.41) is 19.3. The minimum atomic E-state index is 0.0874. The third kappa shape index (κ3) is 4.77. The zero-order valence-corrected chi connectivity index (χ0v) is 19.4. The maximum Gasteiger partial charge on any atom is 0.233 e. The van der Waals surface area contributed by atoms with E-state index >= 15 is 0 Å². The van der Waals surface area contributed by atoms with E-state index in [1.807, 2.05) is 82.3 Å². The number of piperazine rings is 1. The Morgan fingerprint density at radius 2 is 1.50 bits per heavy atom. The molecule has 7 nitrogen and oxygen atoms in total. The molecule has 0 radical (unpaired) electrons. The average Bonchev–Trinajstić information content (AvgIpc) is 3.32. The molecule has 1 fully saturated rings. The first-order valence-corrected chi connectivity index (χ1v) is 12.2. The molecule has 2 heterocycles. The Labute approximate surface area is 202 Å². The smallest absolute Gasteiger partial charge is 0.233 e. The van der Waals surface area contributed by atoms with Crippen LogP contribution in [0.15, 0.2) is 90.1 Å². The Balaban J connectivity index is 1.27. The van der Waals surface area contributed by atoms with Gasteiger partial charge in [-0.05, 0) is 24.3 Å². The van der Waals surface area contributed by atoms with Gasteiger partial charge in [-0.15, -0.1) is 10.2 Å². The van der Waals surface area contributed by atoms with Crippen molar-refractivity contribution in [1.82, 2.24) is 19.7 Å². The lowest BCUT2D eigenvalue weighted by Crippen LogP contribution is -2.49. The Bertz CT molecular complexity index is 1250. The minimum absolute atomic E-state index is 0.0874. The zero-order chi connectivity index (χ0) is 23.3. The summed E-state index contributed by atoms with van der Waals surface area (Å²) in [6.07, 6.45) is 0. The number of phenolic OH excluding ortho intramolecular Hbond substituents is 1. The van der Waals surface area contributed by atoms with Gasteiger partial charge in [-0.2, -0.15) is 0 Å². The van der Waals surface area contributed by atoms with E-state index in [2.05, 4.69) is 15.1 Å². The fourth-order valence-corrected chi connectivity index (χ4v) is 4.92. The van der Waals surface area contributed by atoms with Crippen LogP contribution in [-0.4, -0.2) is 62.6 Å². The van der Waals surface area contributed by atoms with Crippen molar-refractivity contribution in [2.24, 2.45) is 0 Å². The number of hydrogen-bond donors (Lipinski definition) is 1. The molecule has 0 aliphatic carbocycles. The molecule has 1 N–H and O–H groups in total. The number of carbonyl (C=O) groups excluding carboxylic acids is 1. The van der Waals surface area contributed by atoms with E-state index in [0.29, 0.717) is 24.0 Å². The number of thioether (sulfide) groups is 1. The number of aromatic hydroxyl groups is 1. The van der Waals surface area contributed by atoms with Gasteiger partial charge in [0.2, 0.25) is 5.91 Å². The van der Waals surface area contributed by atoms with Crippen molar-refractivity contribution < 1.29 is 9.90 Å². The summed E-state index contributed by atoms with van der Waals surface area (Å²) in [6.45, 7) is 2.77. The molecule has 172 valence electrons. The summed E-state index contributed by atoms with van der Waals surface area (Å²) in [5.74, 6) is 1.39. The number of aromatic nitrogens is 3. The van der Waals surface area contributed by atoms with E-state index in [0.717, 1.165) is 35.9 Å². The van der Waals surface area contributed by atoms with Gasteiger partial charge >= 0.3 is 0 Å². The summed E-state index contributed by atoms with van der Waals surface area (Å²) in [4.78, 5) is 17.1. The largest absolute Gasteiger partial charge is 0.508 e. The van der Waals surface area contributed by atoms with Gasteiger partial charge in [0, 0.05) is 49.2 Å². The first kappa shape index (κ1) is 22.0. The van der Waals surface area contributed by atoms with Crippen molar-refractivity contribution in [3.63, 3.8) is 0 Å². The molecule has 1 aliphatic rings. The predicted molar refractivity (Wildman–Crippen MR) is 134 cm³/mol. The van der Waals surface area contributed by atoms with Crippen LogP contribution < -0.4 is 4.90 Å². The van der Waals surface area contributed by atoms with Crippen LogP contribution in [0, 0.1) is 0 Å². The third-order valence-corrected chi connectivity index (χ3v) is 6.75. The topological polar surface area (TPSA) is 74.5 Å². The highest BCUT2D eigenvalue weighted by Crippen LogP contribution is 2.28. The molecule has 1 aromatic heterocycles. The Morgan fingerprint density at radius 3 is 2.21 bits per heavy atom. The molecular weight excluding hydrogens is 446 g/mol. The highest BCUT2D eigenvalue weighted by atomic mass is 32.2. The summed E-state index contributed by atoms with van der Waals surface area (Å²) < 4.78 is 2.01. The Kier molecular flexibility index (Phi) is 6.49. The van der Waals surface area contributed by atoms with Crippen molar-refractivity contribution in [1.29, 1.82) is 0 Å². The summed E-state index contributed by atoms with van der Waals surface area (Å²) in [5.41, 5.74) is 2.91. The number of rotatable bonds is 6. The van der Waals surface area contributed by atoms with Gasteiger partial charge in [0.25, 0.3) is 0 Å². The van der Waals surface area contributed by atoms with Gasteiger partial charge in [-0.25, -0.2) is 0 Å². The van der Waals surface area contributed by atoms with E-state index < -0.39 is 0 Å². The van der Waals surface area contributed by atoms with Crippen LogP contribution >= 0.6 is 11.8 Å². The minimum Gasteiger partial charge on any atom is -0.508 e. The second-order valence-corrected chi connectivity index (χ2v) is 8.96. The molecule has 0 atom stereocenters. The van der Waals surface area contributed by atoms with Gasteiger partial charge in [-0.1, -0.05) is 66.4 Å². The lowest BCUT2D eigenvalue weighted by atomic mass is 10.2. The second kappa shape index (κ2) is 10.0. The number of hydrogen-bond acceptors (Lipinski definition) is 6. The lowest BCUT2D eigenvalue weighted by Gasteiger charge is -2.36. The van der Waals surface area contributed by atoms with Crippen LogP contribution in [0.25, 0.3) is 17.1 Å². The molecule has 1 amide bonds. The predicted octanol–water partition coefficient (Wildman–Crippen LogP) is 4.08. The third-order valence-electron chi connectivity index (χ3n) is 5.83. The second-order valence-electron chi connectivity index (χ2n) is 8.02. The van der Waals surface area contributed by atoms with E-state index in [-0.39, 0.29) is 11.7 Å². The highest BCUT2D eigenvalue weighted by molar-refractivity contribution is 7.99. The summed E-state index contributed by atoms with van der Waals surface area (Å²) >= 11 is 1.41. The SMILES string of the molecule is O=C(CSc1nnc(-c2ccccc2)n1-c1ccccc1)N1CCN(c2cccc(O)c2)CC1. The van der Waals surface area contributed by atoms with E-state index in [9.17, 15) is 9.90 Å². The van der Waals surface area contributed by atoms with E-state index in [1.165, 1.54) is 11.8 Å². The van der Waals surface area contributed by atoms with Gasteiger partial charge in [0.1, 0.15) is 5.75 Å². The van der Waals surface area contributed by atoms with Crippen molar-refractivity contribution >= 4 is 23.4 Å². The lowest BCUT2D eigenvalue weighted by molar-refractivity contribution is -0.128. The number of phenols is 1. The highest BCUT2D eigenvalue weighted by Gasteiger charge is 2.23. The van der Waals surface area contributed by atoms with Crippen LogP contribution in [0.3, 0.4) is 0 Å². The van der Waals surface area contributed by atoms with Crippen LogP contribution in [0.1, 0.15) is 0 Å². The van der Waals surface area contributed by atoms with Gasteiger partial charge < -0.3 is 14.9 Å². The molecule has 5 rings (SSSR count). The first-order chi connectivity index (χ1) is 16.7. The fourth-order valence-electron chi connectivity index (χ4n) is 4.07. The molecule has 8 heteroatoms. The quantitative estimate of drug-likeness (QED) is 0.427. The van der Waals surface area contributed by atoms with Crippen molar-refractivity contribution in [3.8, 4) is 22.8 Å². The number of benzene rings is 3. The maximum atomic E-state index is 13.0. The maximum absolute atomic E-state index is 13.0. The molecule has 34 heavy (non-hydrogen) atoms. The van der Waals surface area contributed by atoms with Gasteiger partial charge in [0.15, 0.2) is 11.0 Å². The zero-order valence-electron chi connectivity index (χ0n) is 18.6. The van der Waals surface area contributed by atoms with E-state index in [1.54, 1.807) is 12.1 Å². The molecule has 3 aromatic carbocycles. The van der Waals surface area contributed by atoms with Crippen LogP contribution in [0.5, 0.6) is 5.75 Å². The van der Waals surface area contributed by atoms with Gasteiger partial charge in [0.05, 0.1) is 5.75 Å². The van der Waals surface area contributed by atoms with Crippen molar-refractivity contribution in [3.05, 3.63) is 84.9 Å². The number of nitrogens with zero attached hydrogens (tertiary/aromatic N) is 5. The number of anilines is 1. The van der Waals surface area contributed by atoms with Crippen LogP contribution in [0.4, 0.5) is 5.69 Å². The van der Waals surface area contributed by atoms with Crippen LogP contribution in [-0.2, 0) is 4.79 Å². The normalized spacial score (nSPS) is 13.8. The monoisotopic (exact) mass is 471 g/mol. The molecule has 1 saturated heterocycles. The molecule has 1 aliphatic heterocycles. The number of amides is 1. The first-order valence-electron chi connectivity index (χ1n) is 11.2. The molecule has 0 saturated carbocycles. The molecule has 0 spiro atoms. The summed E-state index contributed by atoms with van der Waals surface area (Å²) in [7, 11) is 0. The molecule has 4 aromatic rings. The number of para-hydroxylation sites is 1. The van der Waals surface area contributed by atoms with Crippen molar-refractivity contribution in [2.75, 3.05) is 36.8 Å². The van der Waals surface area contributed by atoms with E-state index in [4.69, 9.17) is 0 Å². The Morgan fingerprint density at radius 1 is 0.824 bits per heavy atom. The van der Waals surface area contributed by atoms with Crippen molar-refractivity contribution in [2.45, 2.75) is 5.16 Å². The molecule has 0 unspecified atom stereocenters. The Hall–Kier alpha value is -3.78. The number of carbonyl (C=O) groups is 1. The standard InChI is InChI=1S/C26H25N5O2S/c32-23-13-7-12-22(18-23)29-14-16-30(17-15-29)24(33)19-34-26-28-27-25(20-8-3-1-4-9-20)31(26)21-10-5-2-6-11-21/h1-13,18,32H,14-17,19H2. The molecular formula is C26H25N5O2S. The average molecular weight is 472 g/mol.